The fourth-order valence-corrected chi connectivity index (χ4v) is 4.12. The van der Waals surface area contributed by atoms with Crippen LogP contribution in [0.5, 0.6) is 0 Å². The smallest absolute Gasteiger partial charge is 0.475 e. The first-order chi connectivity index (χ1) is 14.0. The number of hydrogen-bond donors (Lipinski definition) is 1. The molecule has 13 heteroatoms. The molecule has 0 amide bonds. The van der Waals surface area contributed by atoms with Crippen molar-refractivity contribution in [1.29, 1.82) is 0 Å². The van der Waals surface area contributed by atoms with Crippen molar-refractivity contribution in [2.45, 2.75) is 37.7 Å². The molecule has 0 aromatic carbocycles. The number of fused-ring (bicyclic) bond motifs is 1. The van der Waals surface area contributed by atoms with Gasteiger partial charge in [0.2, 0.25) is 0 Å². The Morgan fingerprint density at radius 3 is 2.53 bits per heavy atom. The van der Waals surface area contributed by atoms with Crippen LogP contribution in [-0.4, -0.2) is 57.7 Å². The zero-order valence-corrected chi connectivity index (χ0v) is 17.1. The number of halogens is 3. The van der Waals surface area contributed by atoms with Crippen molar-refractivity contribution < 1.29 is 36.2 Å². The van der Waals surface area contributed by atoms with Crippen molar-refractivity contribution in [2.24, 2.45) is 7.05 Å². The van der Waals surface area contributed by atoms with E-state index >= 15 is 0 Å². The van der Waals surface area contributed by atoms with Crippen molar-refractivity contribution in [3.8, 4) is 0 Å². The number of aliphatic carboxylic acids is 1. The predicted molar refractivity (Wildman–Crippen MR) is 97.8 cm³/mol. The lowest BCUT2D eigenvalue weighted by Crippen LogP contribution is -2.36. The number of nitrogens with zero attached hydrogens (tertiary/aromatic N) is 4. The van der Waals surface area contributed by atoms with Gasteiger partial charge in [-0.1, -0.05) is 0 Å². The lowest BCUT2D eigenvalue weighted by Gasteiger charge is -2.28. The highest BCUT2D eigenvalue weighted by Gasteiger charge is 2.38. The number of imidazole rings is 1. The summed E-state index contributed by atoms with van der Waals surface area (Å²) in [4.78, 5) is 17.1. The number of pyridine rings is 1. The van der Waals surface area contributed by atoms with Crippen LogP contribution < -0.4 is 0 Å². The SMILES string of the molecule is CCOCc1cncc2c1CCN(S(=O)(=O)c1cn(C)cn1)C2.O=C(O)C(F)(F)F. The molecule has 0 radical (unpaired) electrons. The third-order valence-corrected chi connectivity index (χ3v) is 5.91. The molecular weight excluding hydrogens is 429 g/mol. The number of carbonyl (C=O) groups is 1. The highest BCUT2D eigenvalue weighted by Crippen LogP contribution is 2.26. The van der Waals surface area contributed by atoms with E-state index in [4.69, 9.17) is 14.6 Å². The lowest BCUT2D eigenvalue weighted by atomic mass is 9.99. The maximum absolute atomic E-state index is 12.7. The van der Waals surface area contributed by atoms with Crippen LogP contribution in [0.4, 0.5) is 13.2 Å². The van der Waals surface area contributed by atoms with Gasteiger partial charge < -0.3 is 14.4 Å². The molecule has 2 aromatic heterocycles. The van der Waals surface area contributed by atoms with Crippen molar-refractivity contribution >= 4 is 16.0 Å². The van der Waals surface area contributed by atoms with Gasteiger partial charge in [0.15, 0.2) is 5.03 Å². The van der Waals surface area contributed by atoms with Crippen LogP contribution in [0.25, 0.3) is 0 Å². The van der Waals surface area contributed by atoms with Crippen LogP contribution in [0.3, 0.4) is 0 Å². The fraction of sp³-hybridized carbons (Fsp3) is 0.471. The predicted octanol–water partition coefficient (Wildman–Crippen LogP) is 1.73. The Balaban J connectivity index is 0.000000396. The second-order valence-electron chi connectivity index (χ2n) is 6.34. The zero-order chi connectivity index (χ0) is 22.5. The standard InChI is InChI=1S/C15H20N4O3S.C2HF3O2/c1-3-22-10-13-7-16-6-12-8-19(5-4-14(12)13)23(20,21)15-9-18(2)11-17-15;3-2(4,5)1(6)7/h6-7,9,11H,3-5,8,10H2,1-2H3;(H,6,7). The summed E-state index contributed by atoms with van der Waals surface area (Å²) in [5, 5.41) is 7.21. The molecule has 0 unspecified atom stereocenters. The normalized spacial score (nSPS) is 14.6. The number of hydrogen-bond acceptors (Lipinski definition) is 6. The average Bonchev–Trinajstić information content (AvgIpc) is 3.12. The number of sulfonamides is 1. The molecule has 1 aliphatic heterocycles. The highest BCUT2D eigenvalue weighted by atomic mass is 32.2. The van der Waals surface area contributed by atoms with E-state index in [0.717, 1.165) is 16.7 Å². The van der Waals surface area contributed by atoms with Crippen LogP contribution in [0, 0.1) is 0 Å². The summed E-state index contributed by atoms with van der Waals surface area (Å²) in [6, 6.07) is 0. The third kappa shape index (κ3) is 5.77. The van der Waals surface area contributed by atoms with Gasteiger partial charge in [0.1, 0.15) is 0 Å². The van der Waals surface area contributed by atoms with Gasteiger partial charge in [-0.2, -0.15) is 17.5 Å². The molecule has 0 saturated carbocycles. The number of rotatable bonds is 5. The molecule has 3 rings (SSSR count). The van der Waals surface area contributed by atoms with Crippen molar-refractivity contribution in [2.75, 3.05) is 13.2 Å². The summed E-state index contributed by atoms with van der Waals surface area (Å²) in [6.07, 6.45) is 2.13. The van der Waals surface area contributed by atoms with Crippen LogP contribution in [0.1, 0.15) is 23.6 Å². The second kappa shape index (κ2) is 9.53. The molecule has 30 heavy (non-hydrogen) atoms. The molecule has 1 N–H and O–H groups in total. The van der Waals surface area contributed by atoms with Gasteiger partial charge in [-0.3, -0.25) is 4.98 Å². The monoisotopic (exact) mass is 450 g/mol. The number of carboxylic acid groups (broad SMARTS) is 1. The minimum Gasteiger partial charge on any atom is -0.475 e. The topological polar surface area (TPSA) is 115 Å². The van der Waals surface area contributed by atoms with Gasteiger partial charge in [-0.15, -0.1) is 0 Å². The average molecular weight is 450 g/mol. The van der Waals surface area contributed by atoms with E-state index in [1.807, 2.05) is 6.92 Å². The first-order valence-electron chi connectivity index (χ1n) is 8.77. The van der Waals surface area contributed by atoms with Gasteiger partial charge in [0.05, 0.1) is 12.9 Å². The van der Waals surface area contributed by atoms with Crippen molar-refractivity contribution in [3.63, 3.8) is 0 Å². The van der Waals surface area contributed by atoms with Crippen LogP contribution in [0.15, 0.2) is 29.9 Å². The summed E-state index contributed by atoms with van der Waals surface area (Å²) in [7, 11) is -1.82. The van der Waals surface area contributed by atoms with Crippen molar-refractivity contribution in [3.05, 3.63) is 41.6 Å². The van der Waals surface area contributed by atoms with E-state index in [2.05, 4.69) is 9.97 Å². The minimum absolute atomic E-state index is 0.0851. The van der Waals surface area contributed by atoms with E-state index < -0.39 is 22.2 Å². The Kier molecular flexibility index (Phi) is 7.55. The Morgan fingerprint density at radius 1 is 1.33 bits per heavy atom. The molecule has 0 fully saturated rings. The summed E-state index contributed by atoms with van der Waals surface area (Å²) in [5.41, 5.74) is 3.13. The quantitative estimate of drug-likeness (QED) is 0.738. The summed E-state index contributed by atoms with van der Waals surface area (Å²) < 4.78 is 65.6. The number of alkyl halides is 3. The molecule has 166 valence electrons. The Bertz CT molecular complexity index is 992. The van der Waals surface area contributed by atoms with Gasteiger partial charge >= 0.3 is 12.1 Å². The minimum atomic E-state index is -5.08. The maximum atomic E-state index is 12.7. The fourth-order valence-electron chi connectivity index (χ4n) is 2.74. The van der Waals surface area contributed by atoms with Crippen molar-refractivity contribution in [1.82, 2.24) is 18.8 Å². The lowest BCUT2D eigenvalue weighted by molar-refractivity contribution is -0.192. The maximum Gasteiger partial charge on any atom is 0.490 e. The van der Waals surface area contributed by atoms with E-state index in [-0.39, 0.29) is 5.03 Å². The van der Waals surface area contributed by atoms with E-state index in [1.54, 1.807) is 24.0 Å². The number of aromatic nitrogens is 3. The molecule has 0 atom stereocenters. The summed E-state index contributed by atoms with van der Waals surface area (Å²) in [6.45, 7) is 3.86. The van der Waals surface area contributed by atoms with E-state index in [9.17, 15) is 21.6 Å². The molecule has 2 aromatic rings. The highest BCUT2D eigenvalue weighted by molar-refractivity contribution is 7.89. The molecule has 0 bridgehead atoms. The zero-order valence-electron chi connectivity index (χ0n) is 16.3. The molecular formula is C17H21F3N4O5S. The third-order valence-electron chi connectivity index (χ3n) is 4.18. The molecule has 3 heterocycles. The van der Waals surface area contributed by atoms with Gasteiger partial charge in [0, 0.05) is 45.3 Å². The number of aryl methyl sites for hydroxylation is 1. The number of carboxylic acids is 1. The summed E-state index contributed by atoms with van der Waals surface area (Å²) >= 11 is 0. The first-order valence-corrected chi connectivity index (χ1v) is 10.2. The largest absolute Gasteiger partial charge is 0.490 e. The van der Waals surface area contributed by atoms with Crippen LogP contribution >= 0.6 is 0 Å². The Morgan fingerprint density at radius 2 is 2.00 bits per heavy atom. The summed E-state index contributed by atoms with van der Waals surface area (Å²) in [5.74, 6) is -2.76. The Hall–Kier alpha value is -2.51. The van der Waals surface area contributed by atoms with E-state index in [1.165, 1.54) is 16.8 Å². The van der Waals surface area contributed by atoms with E-state index in [0.29, 0.717) is 32.7 Å². The van der Waals surface area contributed by atoms with Crippen LogP contribution in [-0.2, 0) is 46.2 Å². The molecule has 9 nitrogen and oxygen atoms in total. The first kappa shape index (κ1) is 23.8. The molecule has 0 aliphatic carbocycles. The molecule has 0 spiro atoms. The number of ether oxygens (including phenoxy) is 1. The van der Waals surface area contributed by atoms with Crippen LogP contribution in [0.2, 0.25) is 0 Å². The van der Waals surface area contributed by atoms with Gasteiger partial charge in [-0.25, -0.2) is 18.2 Å². The molecule has 1 aliphatic rings. The Labute approximate surface area is 171 Å². The van der Waals surface area contributed by atoms with Gasteiger partial charge in [-0.05, 0) is 30.0 Å². The van der Waals surface area contributed by atoms with Gasteiger partial charge in [0.25, 0.3) is 10.0 Å². The molecule has 0 saturated heterocycles. The second-order valence-corrected chi connectivity index (χ2v) is 8.23.